The van der Waals surface area contributed by atoms with E-state index >= 15 is 0 Å². The summed E-state index contributed by atoms with van der Waals surface area (Å²) in [6.07, 6.45) is 0.162. The maximum atomic E-state index is 11.9. The van der Waals surface area contributed by atoms with Crippen LogP contribution in [-0.4, -0.2) is 41.8 Å². The van der Waals surface area contributed by atoms with E-state index in [9.17, 15) is 9.90 Å². The fourth-order valence-corrected chi connectivity index (χ4v) is 3.26. The zero-order chi connectivity index (χ0) is 17.4. The first kappa shape index (κ1) is 18.1. The first-order valence-electron chi connectivity index (χ1n) is 7.83. The van der Waals surface area contributed by atoms with Gasteiger partial charge in [0.05, 0.1) is 12.7 Å². The number of aliphatic hydroxyl groups is 1. The smallest absolute Gasteiger partial charge is 0.351 e. The monoisotopic (exact) mass is 341 g/mol. The predicted octanol–water partition coefficient (Wildman–Crippen LogP) is 1.50. The van der Waals surface area contributed by atoms with Crippen LogP contribution in [0.25, 0.3) is 0 Å². The van der Waals surface area contributed by atoms with Gasteiger partial charge in [0.1, 0.15) is 11.9 Å². The van der Waals surface area contributed by atoms with E-state index in [2.05, 4.69) is 38.8 Å². The largest absolute Gasteiger partial charge is 0.414 e. The molecule has 1 saturated heterocycles. The van der Waals surface area contributed by atoms with Crippen LogP contribution in [0.1, 0.15) is 33.4 Å². The number of hydrogen-bond acceptors (Lipinski definition) is 6. The second kappa shape index (κ2) is 6.35. The maximum absolute atomic E-state index is 11.9. The van der Waals surface area contributed by atoms with Gasteiger partial charge in [-0.15, -0.1) is 0 Å². The van der Waals surface area contributed by atoms with Gasteiger partial charge in [-0.2, -0.15) is 4.98 Å². The van der Waals surface area contributed by atoms with Crippen LogP contribution in [0.15, 0.2) is 17.1 Å². The minimum Gasteiger partial charge on any atom is -0.414 e. The number of aromatic nitrogens is 2. The third-order valence-corrected chi connectivity index (χ3v) is 9.23. The molecule has 0 saturated carbocycles. The number of anilines is 1. The topological polar surface area (TPSA) is 99.6 Å². The van der Waals surface area contributed by atoms with Gasteiger partial charge < -0.3 is 20.0 Å². The number of hydrogen-bond donors (Lipinski definition) is 2. The van der Waals surface area contributed by atoms with Crippen molar-refractivity contribution < 1.29 is 14.3 Å². The molecule has 2 heterocycles. The fraction of sp³-hybridized carbons (Fsp3) is 0.733. The molecule has 0 bridgehead atoms. The summed E-state index contributed by atoms with van der Waals surface area (Å²) in [4.78, 5) is 15.5. The normalized spacial score (nSPS) is 25.7. The van der Waals surface area contributed by atoms with Crippen LogP contribution in [0, 0.1) is 0 Å². The summed E-state index contributed by atoms with van der Waals surface area (Å²) < 4.78 is 13.2. The summed E-state index contributed by atoms with van der Waals surface area (Å²) in [6, 6.07) is 1.51. The Balaban J connectivity index is 2.03. The molecule has 2 rings (SSSR count). The molecule has 1 unspecified atom stereocenters. The molecule has 1 aromatic rings. The molecule has 0 amide bonds. The molecule has 0 spiro atoms. The summed E-state index contributed by atoms with van der Waals surface area (Å²) >= 11 is 0. The zero-order valence-corrected chi connectivity index (χ0v) is 15.4. The average Bonchev–Trinajstić information content (AvgIpc) is 2.76. The van der Waals surface area contributed by atoms with Crippen molar-refractivity contribution >= 4 is 14.1 Å². The quantitative estimate of drug-likeness (QED) is 0.805. The number of aliphatic hydroxyl groups excluding tert-OH is 1. The van der Waals surface area contributed by atoms with Crippen molar-refractivity contribution in [2.24, 2.45) is 0 Å². The lowest BCUT2D eigenvalue weighted by atomic mass is 10.2. The first-order chi connectivity index (χ1) is 10.5. The standard InChI is InChI=1S/C15H27N3O4Si/c1-15(2,3)23(4,5)21-9-10-8-11(19)13(22-10)18-7-6-12(16)17-14(18)20/h6-7,10-11,13,19H,8-9H2,1-5H3,(H2,16,17,20)/t10-,11?,13+/m0/s1. The van der Waals surface area contributed by atoms with E-state index in [0.717, 1.165) is 0 Å². The van der Waals surface area contributed by atoms with Crippen molar-refractivity contribution in [2.45, 2.75) is 63.8 Å². The van der Waals surface area contributed by atoms with Crippen LogP contribution in [0.2, 0.25) is 18.1 Å². The van der Waals surface area contributed by atoms with Gasteiger partial charge in [0.15, 0.2) is 14.5 Å². The summed E-state index contributed by atoms with van der Waals surface area (Å²) in [5, 5.41) is 10.3. The molecule has 23 heavy (non-hydrogen) atoms. The highest BCUT2D eigenvalue weighted by atomic mass is 28.4. The van der Waals surface area contributed by atoms with Crippen molar-refractivity contribution in [3.63, 3.8) is 0 Å². The molecular formula is C15H27N3O4Si. The molecule has 130 valence electrons. The number of nitrogens with zero attached hydrogens (tertiary/aromatic N) is 2. The average molecular weight is 341 g/mol. The van der Waals surface area contributed by atoms with Crippen molar-refractivity contribution in [2.75, 3.05) is 12.3 Å². The van der Waals surface area contributed by atoms with E-state index in [1.54, 1.807) is 0 Å². The van der Waals surface area contributed by atoms with Gasteiger partial charge in [-0.25, -0.2) is 4.79 Å². The van der Waals surface area contributed by atoms with Crippen molar-refractivity contribution in [3.8, 4) is 0 Å². The molecule has 0 radical (unpaired) electrons. The SMILES string of the molecule is CC(C)(C)[Si](C)(C)OC[C@@H]1CC(O)[C@H](n2ccc(N)nc2=O)O1. The van der Waals surface area contributed by atoms with Crippen LogP contribution >= 0.6 is 0 Å². The Kier molecular flexibility index (Phi) is 5.00. The van der Waals surface area contributed by atoms with Gasteiger partial charge in [0, 0.05) is 12.6 Å². The molecule has 8 heteroatoms. The summed E-state index contributed by atoms with van der Waals surface area (Å²) in [5.74, 6) is 0.150. The van der Waals surface area contributed by atoms with E-state index in [-0.39, 0.29) is 17.0 Å². The first-order valence-corrected chi connectivity index (χ1v) is 10.7. The van der Waals surface area contributed by atoms with Crippen LogP contribution < -0.4 is 11.4 Å². The highest BCUT2D eigenvalue weighted by molar-refractivity contribution is 6.74. The van der Waals surface area contributed by atoms with Gasteiger partial charge in [-0.3, -0.25) is 4.57 Å². The van der Waals surface area contributed by atoms with Gasteiger partial charge in [-0.1, -0.05) is 20.8 Å². The lowest BCUT2D eigenvalue weighted by Gasteiger charge is -2.36. The Morgan fingerprint density at radius 3 is 2.74 bits per heavy atom. The Morgan fingerprint density at radius 1 is 1.52 bits per heavy atom. The molecule has 1 fully saturated rings. The minimum atomic E-state index is -1.87. The summed E-state index contributed by atoms with van der Waals surface area (Å²) in [5.41, 5.74) is 4.95. The van der Waals surface area contributed by atoms with Crippen LogP contribution in [0.3, 0.4) is 0 Å². The number of ether oxygens (including phenoxy) is 1. The third-order valence-electron chi connectivity index (χ3n) is 4.73. The number of nitrogens with two attached hydrogens (primary N) is 1. The molecule has 1 aliphatic heterocycles. The Labute approximate surface area is 137 Å². The van der Waals surface area contributed by atoms with Gasteiger partial charge in [0.2, 0.25) is 0 Å². The molecule has 3 atom stereocenters. The van der Waals surface area contributed by atoms with Crippen LogP contribution in [0.4, 0.5) is 5.82 Å². The lowest BCUT2D eigenvalue weighted by molar-refractivity contribution is -0.0514. The van der Waals surface area contributed by atoms with Crippen LogP contribution in [-0.2, 0) is 9.16 Å². The molecule has 0 aromatic carbocycles. The molecule has 1 aliphatic rings. The van der Waals surface area contributed by atoms with E-state index in [0.29, 0.717) is 13.0 Å². The molecule has 7 nitrogen and oxygen atoms in total. The second-order valence-corrected chi connectivity index (χ2v) is 12.4. The second-order valence-electron chi connectivity index (χ2n) is 7.57. The summed E-state index contributed by atoms with van der Waals surface area (Å²) in [7, 11) is -1.87. The number of nitrogen functional groups attached to an aromatic ring is 1. The Hall–Kier alpha value is -1.22. The molecule has 0 aliphatic carbocycles. The van der Waals surface area contributed by atoms with E-state index in [1.165, 1.54) is 16.8 Å². The van der Waals surface area contributed by atoms with Crippen LogP contribution in [0.5, 0.6) is 0 Å². The van der Waals surface area contributed by atoms with Gasteiger partial charge >= 0.3 is 5.69 Å². The summed E-state index contributed by atoms with van der Waals surface area (Å²) in [6.45, 7) is 11.3. The van der Waals surface area contributed by atoms with E-state index < -0.39 is 26.3 Å². The maximum Gasteiger partial charge on any atom is 0.351 e. The minimum absolute atomic E-state index is 0.113. The van der Waals surface area contributed by atoms with E-state index in [1.807, 2.05) is 0 Å². The van der Waals surface area contributed by atoms with Crippen molar-refractivity contribution in [1.29, 1.82) is 0 Å². The highest BCUT2D eigenvalue weighted by Gasteiger charge is 2.40. The highest BCUT2D eigenvalue weighted by Crippen LogP contribution is 2.37. The van der Waals surface area contributed by atoms with Crippen molar-refractivity contribution in [1.82, 2.24) is 9.55 Å². The van der Waals surface area contributed by atoms with Crippen molar-refractivity contribution in [3.05, 3.63) is 22.7 Å². The predicted molar refractivity (Wildman–Crippen MR) is 90.6 cm³/mol. The zero-order valence-electron chi connectivity index (χ0n) is 14.4. The molecular weight excluding hydrogens is 314 g/mol. The molecule has 3 N–H and O–H groups in total. The van der Waals surface area contributed by atoms with Gasteiger partial charge in [-0.05, 0) is 24.2 Å². The Morgan fingerprint density at radius 2 is 2.17 bits per heavy atom. The number of rotatable bonds is 4. The molecule has 1 aromatic heterocycles. The lowest BCUT2D eigenvalue weighted by Crippen LogP contribution is -2.42. The fourth-order valence-electron chi connectivity index (χ4n) is 2.22. The van der Waals surface area contributed by atoms with Gasteiger partial charge in [0.25, 0.3) is 0 Å². The van der Waals surface area contributed by atoms with E-state index in [4.69, 9.17) is 14.9 Å². The Bertz CT molecular complexity index is 611. The third kappa shape index (κ3) is 4.00.